The topological polar surface area (TPSA) is 96.6 Å². The minimum Gasteiger partial charge on any atom is -0.361 e. The van der Waals surface area contributed by atoms with E-state index in [1.807, 2.05) is 0 Å². The van der Waals surface area contributed by atoms with Gasteiger partial charge in [0.2, 0.25) is 5.78 Å². The van der Waals surface area contributed by atoms with E-state index >= 15 is 0 Å². The van der Waals surface area contributed by atoms with Crippen molar-refractivity contribution >= 4 is 17.7 Å². The SMILES string of the molecule is [N-]=[N+]=CC(=O)[CH]Cc1ccc([N+](=O)[O-])cc1. The number of rotatable bonds is 5. The molecule has 0 aliphatic carbocycles. The molecule has 1 aromatic rings. The van der Waals surface area contributed by atoms with E-state index in [2.05, 4.69) is 4.79 Å². The molecule has 0 bridgehead atoms. The van der Waals surface area contributed by atoms with E-state index < -0.39 is 10.7 Å². The minimum absolute atomic E-state index is 0.00648. The number of non-ortho nitro benzene ring substituents is 1. The number of carbonyl (C=O) groups is 1. The van der Waals surface area contributed by atoms with Crippen molar-refractivity contribution < 1.29 is 14.5 Å². The number of Topliss-reactive ketones (excluding diaryl/α,β-unsaturated/α-hetero) is 1. The van der Waals surface area contributed by atoms with Crippen molar-refractivity contribution in [1.29, 1.82) is 0 Å². The summed E-state index contributed by atoms with van der Waals surface area (Å²) >= 11 is 0. The van der Waals surface area contributed by atoms with Gasteiger partial charge in [0.1, 0.15) is 0 Å². The highest BCUT2D eigenvalue weighted by atomic mass is 16.6. The summed E-state index contributed by atoms with van der Waals surface area (Å²) in [4.78, 5) is 23.4. The number of nitrogens with zero attached hydrogens (tertiary/aromatic N) is 3. The van der Waals surface area contributed by atoms with Crippen molar-refractivity contribution in [3.8, 4) is 0 Å². The van der Waals surface area contributed by atoms with Gasteiger partial charge in [0.25, 0.3) is 5.69 Å². The number of carbonyl (C=O) groups excluding carboxylic acids is 1. The number of nitro groups is 1. The molecule has 0 aromatic heterocycles. The lowest BCUT2D eigenvalue weighted by molar-refractivity contribution is -0.384. The second-order valence-electron chi connectivity index (χ2n) is 2.98. The van der Waals surface area contributed by atoms with Crippen molar-refractivity contribution in [3.05, 3.63) is 51.9 Å². The lowest BCUT2D eigenvalue weighted by Gasteiger charge is -1.96. The summed E-state index contributed by atoms with van der Waals surface area (Å²) < 4.78 is 0. The van der Waals surface area contributed by atoms with Gasteiger partial charge in [-0.15, -0.1) is 0 Å². The van der Waals surface area contributed by atoms with E-state index in [0.29, 0.717) is 6.42 Å². The zero-order valence-corrected chi connectivity index (χ0v) is 8.24. The normalized spacial score (nSPS) is 9.25. The van der Waals surface area contributed by atoms with Gasteiger partial charge in [-0.2, -0.15) is 4.79 Å². The van der Waals surface area contributed by atoms with E-state index in [1.54, 1.807) is 12.1 Å². The Kier molecular flexibility index (Phi) is 4.06. The van der Waals surface area contributed by atoms with Gasteiger partial charge in [-0.25, -0.2) is 0 Å². The minimum atomic E-state index is -0.489. The fraction of sp³-hybridized carbons (Fsp3) is 0.100. The van der Waals surface area contributed by atoms with E-state index in [-0.39, 0.29) is 5.69 Å². The molecule has 1 radical (unpaired) electrons. The smallest absolute Gasteiger partial charge is 0.323 e. The highest BCUT2D eigenvalue weighted by Gasteiger charge is 2.06. The predicted molar refractivity (Wildman–Crippen MR) is 55.8 cm³/mol. The maximum Gasteiger partial charge on any atom is 0.323 e. The Labute approximate surface area is 91.3 Å². The Balaban J connectivity index is 2.59. The third kappa shape index (κ3) is 3.43. The van der Waals surface area contributed by atoms with Gasteiger partial charge in [-0.3, -0.25) is 14.9 Å². The Morgan fingerprint density at radius 2 is 2.06 bits per heavy atom. The fourth-order valence-corrected chi connectivity index (χ4v) is 1.08. The van der Waals surface area contributed by atoms with Crippen LogP contribution in [0.1, 0.15) is 5.56 Å². The van der Waals surface area contributed by atoms with Gasteiger partial charge in [-0.05, 0) is 12.0 Å². The average molecular weight is 218 g/mol. The summed E-state index contributed by atoms with van der Waals surface area (Å²) in [5.74, 6) is -0.416. The number of nitro benzene ring substituents is 1. The van der Waals surface area contributed by atoms with E-state index in [9.17, 15) is 14.9 Å². The summed E-state index contributed by atoms with van der Waals surface area (Å²) in [5.41, 5.74) is 8.86. The molecule has 0 heterocycles. The van der Waals surface area contributed by atoms with E-state index in [4.69, 9.17) is 5.53 Å². The second kappa shape index (κ2) is 5.53. The first-order chi connectivity index (χ1) is 7.63. The van der Waals surface area contributed by atoms with Crippen LogP contribution in [0.3, 0.4) is 0 Å². The van der Waals surface area contributed by atoms with Crippen LogP contribution < -0.4 is 0 Å². The molecule has 1 aromatic carbocycles. The molecule has 1 rings (SSSR count). The summed E-state index contributed by atoms with van der Waals surface area (Å²) in [7, 11) is 0. The van der Waals surface area contributed by atoms with Gasteiger partial charge in [-0.1, -0.05) is 12.1 Å². The van der Waals surface area contributed by atoms with Crippen LogP contribution >= 0.6 is 0 Å². The van der Waals surface area contributed by atoms with Crippen LogP contribution in [0.4, 0.5) is 5.69 Å². The van der Waals surface area contributed by atoms with Crippen molar-refractivity contribution in [2.24, 2.45) is 0 Å². The van der Waals surface area contributed by atoms with Crippen LogP contribution in [0.25, 0.3) is 5.53 Å². The third-order valence-electron chi connectivity index (χ3n) is 1.87. The zero-order valence-electron chi connectivity index (χ0n) is 8.24. The van der Waals surface area contributed by atoms with Crippen LogP contribution in [0.2, 0.25) is 0 Å². The molecule has 0 atom stereocenters. The van der Waals surface area contributed by atoms with E-state index in [1.165, 1.54) is 18.6 Å². The average Bonchev–Trinajstić information content (AvgIpc) is 2.27. The van der Waals surface area contributed by atoms with Gasteiger partial charge in [0.15, 0.2) is 0 Å². The summed E-state index contributed by atoms with van der Waals surface area (Å²) in [6, 6.07) is 5.87. The Bertz CT molecular complexity index is 447. The molecule has 6 heteroatoms. The zero-order chi connectivity index (χ0) is 12.0. The first kappa shape index (κ1) is 11.7. The Morgan fingerprint density at radius 3 is 2.56 bits per heavy atom. The van der Waals surface area contributed by atoms with Crippen molar-refractivity contribution in [1.82, 2.24) is 0 Å². The van der Waals surface area contributed by atoms with Gasteiger partial charge in [0.05, 0.1) is 4.92 Å². The molecule has 0 aliphatic rings. The van der Waals surface area contributed by atoms with E-state index in [0.717, 1.165) is 11.8 Å². The monoisotopic (exact) mass is 218 g/mol. The first-order valence-corrected chi connectivity index (χ1v) is 4.41. The van der Waals surface area contributed by atoms with Gasteiger partial charge < -0.3 is 5.53 Å². The first-order valence-electron chi connectivity index (χ1n) is 4.41. The Hall–Kier alpha value is -2.33. The number of hydrogen-bond acceptors (Lipinski definition) is 3. The lowest BCUT2D eigenvalue weighted by atomic mass is 10.1. The van der Waals surface area contributed by atoms with Gasteiger partial charge in [0, 0.05) is 18.6 Å². The summed E-state index contributed by atoms with van der Waals surface area (Å²) in [6.07, 6.45) is 2.44. The second-order valence-corrected chi connectivity index (χ2v) is 2.98. The highest BCUT2D eigenvalue weighted by molar-refractivity contribution is 6.29. The van der Waals surface area contributed by atoms with Crippen LogP contribution in [-0.2, 0) is 11.2 Å². The Morgan fingerprint density at radius 1 is 1.44 bits per heavy atom. The van der Waals surface area contributed by atoms with Crippen LogP contribution in [0.15, 0.2) is 24.3 Å². The molecule has 16 heavy (non-hydrogen) atoms. The van der Waals surface area contributed by atoms with Crippen LogP contribution in [0, 0.1) is 16.5 Å². The molecule has 0 N–H and O–H groups in total. The van der Waals surface area contributed by atoms with Crippen molar-refractivity contribution in [3.63, 3.8) is 0 Å². The third-order valence-corrected chi connectivity index (χ3v) is 1.87. The maximum atomic E-state index is 10.9. The fourth-order valence-electron chi connectivity index (χ4n) is 1.08. The standard InChI is InChI=1S/C10H8N3O3/c11-12-7-10(14)6-3-8-1-4-9(5-2-8)13(15)16/h1-2,4-7H,3H2. The molecule has 0 unspecified atom stereocenters. The number of hydrogen-bond donors (Lipinski definition) is 0. The molecule has 0 saturated heterocycles. The quantitative estimate of drug-likeness (QED) is 0.244. The molecular formula is C10H8N3O3. The lowest BCUT2D eigenvalue weighted by Crippen LogP contribution is -2.02. The molecule has 81 valence electrons. The summed E-state index contributed by atoms with van der Waals surface area (Å²) in [5, 5.41) is 10.4. The highest BCUT2D eigenvalue weighted by Crippen LogP contribution is 2.12. The number of ketones is 1. The summed E-state index contributed by atoms with van der Waals surface area (Å²) in [6.45, 7) is 0. The van der Waals surface area contributed by atoms with Crippen LogP contribution in [0.5, 0.6) is 0 Å². The van der Waals surface area contributed by atoms with Crippen molar-refractivity contribution in [2.75, 3.05) is 0 Å². The van der Waals surface area contributed by atoms with Crippen molar-refractivity contribution in [2.45, 2.75) is 6.42 Å². The molecule has 0 amide bonds. The maximum absolute atomic E-state index is 10.9. The molecule has 6 nitrogen and oxygen atoms in total. The predicted octanol–water partition coefficient (Wildman–Crippen LogP) is 1.21. The molecule has 0 aliphatic heterocycles. The molecule has 0 spiro atoms. The largest absolute Gasteiger partial charge is 0.361 e. The van der Waals surface area contributed by atoms with Gasteiger partial charge >= 0.3 is 6.21 Å². The molecular weight excluding hydrogens is 210 g/mol. The molecule has 0 saturated carbocycles. The van der Waals surface area contributed by atoms with Crippen LogP contribution in [-0.4, -0.2) is 21.7 Å². The number of benzene rings is 1. The molecule has 0 fully saturated rings.